The highest BCUT2D eigenvalue weighted by atomic mass is 16.5. The van der Waals surface area contributed by atoms with Crippen molar-refractivity contribution in [3.63, 3.8) is 0 Å². The van der Waals surface area contributed by atoms with Gasteiger partial charge in [-0.05, 0) is 17.5 Å². The zero-order valence-electron chi connectivity index (χ0n) is 6.40. The number of nitrogens with two attached hydrogens (primary N) is 1. The summed E-state index contributed by atoms with van der Waals surface area (Å²) in [5.41, 5.74) is 5.57. The molecule has 1 aromatic heterocycles. The first kappa shape index (κ1) is 6.91. The molecule has 1 aromatic carbocycles. The number of hydrogen-bond donors (Lipinski definition) is 1. The number of fused-ring (bicyclic) bond motifs is 1. The second kappa shape index (κ2) is 2.37. The average molecular weight is 160 g/mol. The van der Waals surface area contributed by atoms with Crippen LogP contribution >= 0.6 is 0 Å². The Balaban J connectivity index is 2.91. The van der Waals surface area contributed by atoms with E-state index >= 15 is 0 Å². The fourth-order valence-electron chi connectivity index (χ4n) is 1.22. The van der Waals surface area contributed by atoms with Gasteiger partial charge in [0.25, 0.3) is 5.82 Å². The lowest BCUT2D eigenvalue weighted by atomic mass is 10.2. The molecule has 0 bridgehead atoms. The molecule has 3 nitrogen and oxygen atoms in total. The predicted octanol–water partition coefficient (Wildman–Crippen LogP) is 1.06. The highest BCUT2D eigenvalue weighted by Gasteiger charge is 2.02. The van der Waals surface area contributed by atoms with Gasteiger partial charge in [-0.3, -0.25) is 5.73 Å². The van der Waals surface area contributed by atoms with E-state index in [4.69, 9.17) is 5.73 Å². The Morgan fingerprint density at radius 2 is 1.92 bits per heavy atom. The average Bonchev–Trinajstić information content (AvgIpc) is 2.12. The molecule has 2 rings (SSSR count). The lowest BCUT2D eigenvalue weighted by Crippen LogP contribution is -2.29. The predicted molar refractivity (Wildman–Crippen MR) is 47.3 cm³/mol. The smallest absolute Gasteiger partial charge is 0.283 e. The van der Waals surface area contributed by atoms with Crippen LogP contribution in [0.5, 0.6) is 0 Å². The second-order valence-electron chi connectivity index (χ2n) is 2.61. The van der Waals surface area contributed by atoms with Gasteiger partial charge in [0.15, 0.2) is 0 Å². The number of anilines is 1. The van der Waals surface area contributed by atoms with Crippen molar-refractivity contribution in [2.24, 2.45) is 0 Å². The summed E-state index contributed by atoms with van der Waals surface area (Å²) in [6, 6.07) is 9.28. The molecule has 0 fully saturated rings. The van der Waals surface area contributed by atoms with Crippen LogP contribution in [0.2, 0.25) is 0 Å². The van der Waals surface area contributed by atoms with Crippen molar-refractivity contribution in [1.29, 1.82) is 0 Å². The number of benzene rings is 1. The van der Waals surface area contributed by atoms with Crippen LogP contribution in [0.3, 0.4) is 0 Å². The molecule has 2 N–H and O–H groups in total. The molecule has 0 radical (unpaired) electrons. The van der Waals surface area contributed by atoms with Crippen molar-refractivity contribution >= 4 is 16.6 Å². The third-order valence-corrected chi connectivity index (χ3v) is 1.86. The van der Waals surface area contributed by atoms with Crippen LogP contribution in [0.25, 0.3) is 10.8 Å². The molecule has 3 heteroatoms. The molecule has 0 unspecified atom stereocenters. The van der Waals surface area contributed by atoms with Gasteiger partial charge in [-0.1, -0.05) is 18.2 Å². The van der Waals surface area contributed by atoms with Crippen molar-refractivity contribution in [3.8, 4) is 0 Å². The summed E-state index contributed by atoms with van der Waals surface area (Å²) in [5, 5.41) is 12.8. The van der Waals surface area contributed by atoms with E-state index in [-0.39, 0.29) is 5.82 Å². The second-order valence-corrected chi connectivity index (χ2v) is 2.61. The molecule has 1 heterocycles. The highest BCUT2D eigenvalue weighted by Crippen LogP contribution is 2.15. The van der Waals surface area contributed by atoms with Crippen molar-refractivity contribution in [2.75, 3.05) is 5.73 Å². The molecule has 0 amide bonds. The third-order valence-electron chi connectivity index (χ3n) is 1.86. The first-order chi connectivity index (χ1) is 5.79. The van der Waals surface area contributed by atoms with Gasteiger partial charge in [0.1, 0.15) is 0 Å². The molecule has 0 aliphatic carbocycles. The number of pyridine rings is 1. The van der Waals surface area contributed by atoms with Crippen LogP contribution in [-0.4, -0.2) is 0 Å². The minimum absolute atomic E-state index is 0.258. The van der Waals surface area contributed by atoms with Gasteiger partial charge in [0, 0.05) is 0 Å². The fourth-order valence-corrected chi connectivity index (χ4v) is 1.22. The molecular weight excluding hydrogens is 152 g/mol. The molecule has 12 heavy (non-hydrogen) atoms. The summed E-state index contributed by atoms with van der Waals surface area (Å²) in [6.45, 7) is 0. The minimum atomic E-state index is 0.258. The molecule has 0 atom stereocenters. The van der Waals surface area contributed by atoms with E-state index in [2.05, 4.69) is 0 Å². The van der Waals surface area contributed by atoms with Gasteiger partial charge < -0.3 is 5.21 Å². The van der Waals surface area contributed by atoms with Gasteiger partial charge in [-0.25, -0.2) is 4.73 Å². The van der Waals surface area contributed by atoms with E-state index in [9.17, 15) is 5.21 Å². The van der Waals surface area contributed by atoms with Gasteiger partial charge in [0.05, 0.1) is 11.6 Å². The highest BCUT2D eigenvalue weighted by molar-refractivity contribution is 5.89. The van der Waals surface area contributed by atoms with E-state index < -0.39 is 0 Å². The molecule has 0 aliphatic heterocycles. The monoisotopic (exact) mass is 160 g/mol. The number of nitrogens with zero attached hydrogens (tertiary/aromatic N) is 1. The molecular formula is C9H8N2O. The largest absolute Gasteiger partial charge is 0.711 e. The first-order valence-electron chi connectivity index (χ1n) is 3.65. The lowest BCUT2D eigenvalue weighted by Gasteiger charge is -2.05. The van der Waals surface area contributed by atoms with E-state index in [0.29, 0.717) is 4.73 Å². The molecule has 2 aromatic rings. The zero-order valence-corrected chi connectivity index (χ0v) is 6.40. The Labute approximate surface area is 69.6 Å². The SMILES string of the molecule is Nc1c2ccccc2cc[n+]1[O-]. The maximum atomic E-state index is 11.0. The molecule has 60 valence electrons. The van der Waals surface area contributed by atoms with Crippen LogP contribution < -0.4 is 10.5 Å². The fraction of sp³-hybridized carbons (Fsp3) is 0. The molecule has 0 saturated heterocycles. The van der Waals surface area contributed by atoms with Crippen molar-refractivity contribution < 1.29 is 4.73 Å². The van der Waals surface area contributed by atoms with Crippen LogP contribution in [0.1, 0.15) is 0 Å². The number of rotatable bonds is 0. The van der Waals surface area contributed by atoms with Gasteiger partial charge in [0.2, 0.25) is 0 Å². The summed E-state index contributed by atoms with van der Waals surface area (Å²) in [7, 11) is 0. The van der Waals surface area contributed by atoms with Crippen LogP contribution in [-0.2, 0) is 0 Å². The number of hydrogen-bond acceptors (Lipinski definition) is 2. The first-order valence-corrected chi connectivity index (χ1v) is 3.65. The van der Waals surface area contributed by atoms with Crippen molar-refractivity contribution in [3.05, 3.63) is 41.7 Å². The molecule has 0 spiro atoms. The van der Waals surface area contributed by atoms with Gasteiger partial charge in [-0.15, -0.1) is 0 Å². The normalized spacial score (nSPS) is 10.3. The third kappa shape index (κ3) is 0.871. The summed E-state index contributed by atoms with van der Waals surface area (Å²) in [5.74, 6) is 0.258. The van der Waals surface area contributed by atoms with E-state index in [1.165, 1.54) is 6.20 Å². The summed E-state index contributed by atoms with van der Waals surface area (Å²) < 4.78 is 0.669. The van der Waals surface area contributed by atoms with Crippen molar-refractivity contribution in [1.82, 2.24) is 0 Å². The standard InChI is InChI=1S/C9H8N2O/c10-9-8-4-2-1-3-7(8)5-6-11(9)12/h1-6H,10H2. The Morgan fingerprint density at radius 1 is 1.17 bits per heavy atom. The van der Waals surface area contributed by atoms with E-state index in [0.717, 1.165) is 10.8 Å². The Hall–Kier alpha value is -1.77. The minimum Gasteiger partial charge on any atom is -0.711 e. The summed E-state index contributed by atoms with van der Waals surface area (Å²) in [4.78, 5) is 0. The Kier molecular flexibility index (Phi) is 1.37. The van der Waals surface area contributed by atoms with Crippen LogP contribution in [0, 0.1) is 5.21 Å². The van der Waals surface area contributed by atoms with Crippen molar-refractivity contribution in [2.45, 2.75) is 0 Å². The summed E-state index contributed by atoms with van der Waals surface area (Å²) >= 11 is 0. The quantitative estimate of drug-likeness (QED) is 0.462. The maximum absolute atomic E-state index is 11.0. The van der Waals surface area contributed by atoms with Crippen LogP contribution in [0.15, 0.2) is 36.5 Å². The summed E-state index contributed by atoms with van der Waals surface area (Å²) in [6.07, 6.45) is 1.41. The number of aromatic nitrogens is 1. The molecule has 0 aliphatic rings. The zero-order chi connectivity index (χ0) is 8.55. The van der Waals surface area contributed by atoms with Gasteiger partial charge >= 0.3 is 0 Å². The van der Waals surface area contributed by atoms with E-state index in [1.54, 1.807) is 6.07 Å². The Bertz CT molecular complexity index is 426. The molecule has 0 saturated carbocycles. The van der Waals surface area contributed by atoms with Gasteiger partial charge in [-0.2, -0.15) is 0 Å². The topological polar surface area (TPSA) is 53.0 Å². The van der Waals surface area contributed by atoms with Crippen LogP contribution in [0.4, 0.5) is 5.82 Å². The maximum Gasteiger partial charge on any atom is 0.283 e. The lowest BCUT2D eigenvalue weighted by molar-refractivity contribution is -0.588. The van der Waals surface area contributed by atoms with E-state index in [1.807, 2.05) is 24.3 Å². The number of nitrogen functional groups attached to an aromatic ring is 1. The Morgan fingerprint density at radius 3 is 2.75 bits per heavy atom.